The van der Waals surface area contributed by atoms with Gasteiger partial charge >= 0.3 is 6.18 Å². The molecule has 0 aromatic carbocycles. The Morgan fingerprint density at radius 1 is 1.23 bits per heavy atom. The van der Waals surface area contributed by atoms with Gasteiger partial charge in [-0.2, -0.15) is 13.2 Å². The Morgan fingerprint density at radius 2 is 1.88 bits per heavy atom. The van der Waals surface area contributed by atoms with Crippen molar-refractivity contribution in [2.45, 2.75) is 56.9 Å². The van der Waals surface area contributed by atoms with Crippen LogP contribution >= 0.6 is 11.3 Å². The highest BCUT2D eigenvalue weighted by molar-refractivity contribution is 7.92. The first-order chi connectivity index (χ1) is 18.4. The molecule has 0 spiro atoms. The molecule has 0 radical (unpaired) electrons. The Kier molecular flexibility index (Phi) is 7.81. The first kappa shape index (κ1) is 30.0. The van der Waals surface area contributed by atoms with E-state index >= 15 is 0 Å². The summed E-state index contributed by atoms with van der Waals surface area (Å²) in [5.74, 6) is -6.44. The number of sulfone groups is 1. The van der Waals surface area contributed by atoms with Crippen molar-refractivity contribution < 1.29 is 48.7 Å². The molecule has 2 aliphatic rings. The molecule has 0 bridgehead atoms. The predicted octanol–water partition coefficient (Wildman–Crippen LogP) is 3.90. The predicted molar refractivity (Wildman–Crippen MR) is 129 cm³/mol. The topological polar surface area (TPSA) is 121 Å². The van der Waals surface area contributed by atoms with Crippen LogP contribution < -0.4 is 10.6 Å². The van der Waals surface area contributed by atoms with Gasteiger partial charge < -0.3 is 15.5 Å². The molecule has 9 nitrogen and oxygen atoms in total. The van der Waals surface area contributed by atoms with Crippen LogP contribution in [0.5, 0.6) is 0 Å². The average Bonchev–Trinajstić information content (AvgIpc) is 3.36. The van der Waals surface area contributed by atoms with Gasteiger partial charge in [-0.25, -0.2) is 35.9 Å². The third-order valence-corrected chi connectivity index (χ3v) is 9.24. The molecule has 2 N–H and O–H groups in total. The van der Waals surface area contributed by atoms with Crippen molar-refractivity contribution in [2.75, 3.05) is 23.4 Å². The zero-order valence-corrected chi connectivity index (χ0v) is 22.4. The summed E-state index contributed by atoms with van der Waals surface area (Å²) in [4.78, 5) is 34.3. The second-order valence-corrected chi connectivity index (χ2v) is 12.8. The van der Waals surface area contributed by atoms with Crippen LogP contribution in [0.3, 0.4) is 0 Å². The second-order valence-electron chi connectivity index (χ2n) is 9.65. The Labute approximate surface area is 227 Å². The van der Waals surface area contributed by atoms with Crippen molar-refractivity contribution in [3.05, 3.63) is 28.5 Å². The van der Waals surface area contributed by atoms with Crippen LogP contribution in [0.1, 0.15) is 52.5 Å². The van der Waals surface area contributed by atoms with Crippen molar-refractivity contribution in [1.29, 1.82) is 0 Å². The monoisotopic (exact) mass is 617 g/mol. The maximum Gasteiger partial charge on any atom is 0.408 e. The third-order valence-electron chi connectivity index (χ3n) is 6.33. The van der Waals surface area contributed by atoms with Crippen molar-refractivity contribution >= 4 is 38.8 Å². The summed E-state index contributed by atoms with van der Waals surface area (Å²) in [6, 6.07) is -3.19. The van der Waals surface area contributed by atoms with E-state index < -0.39 is 98.9 Å². The number of halogens is 7. The first-order valence-corrected chi connectivity index (χ1v) is 14.3. The van der Waals surface area contributed by atoms with Gasteiger partial charge in [0, 0.05) is 29.8 Å². The summed E-state index contributed by atoms with van der Waals surface area (Å²) in [5.41, 5.74) is -1.89. The summed E-state index contributed by atoms with van der Waals surface area (Å²) in [6.45, 7) is 1.12. The minimum absolute atomic E-state index is 0.336. The Balaban J connectivity index is 1.75. The van der Waals surface area contributed by atoms with Crippen LogP contribution in [0, 0.1) is 0 Å². The minimum atomic E-state index is -4.71. The highest BCUT2D eigenvalue weighted by atomic mass is 32.2. The molecule has 2 aromatic heterocycles. The molecule has 2 amide bonds. The van der Waals surface area contributed by atoms with Crippen molar-refractivity contribution in [3.8, 4) is 10.4 Å². The molecule has 2 atom stereocenters. The fourth-order valence-corrected chi connectivity index (χ4v) is 6.57. The zero-order valence-electron chi connectivity index (χ0n) is 20.7. The van der Waals surface area contributed by atoms with E-state index in [9.17, 15) is 48.7 Å². The molecular formula is C22H22F7N5O4S2. The maximum atomic E-state index is 14.1. The maximum absolute atomic E-state index is 14.1. The average molecular weight is 618 g/mol. The van der Waals surface area contributed by atoms with Crippen molar-refractivity contribution in [1.82, 2.24) is 20.2 Å². The number of nitrogens with one attached hydrogen (secondary N) is 2. The molecule has 2 saturated heterocycles. The van der Waals surface area contributed by atoms with E-state index in [4.69, 9.17) is 0 Å². The Morgan fingerprint density at radius 3 is 2.40 bits per heavy atom. The normalized spacial score (nSPS) is 21.2. The van der Waals surface area contributed by atoms with Gasteiger partial charge in [0.2, 0.25) is 0 Å². The largest absolute Gasteiger partial charge is 0.408 e. The number of thiazole rings is 1. The number of carbonyl (C=O) groups is 2. The fraction of sp³-hybridized carbons (Fsp3) is 0.545. The standard InChI is InChI=1S/C22H22F7N5O4S2/c1-9-4-21(25,26)8-34(9)20(36)15-16(39-19(33-15)18(35)32-11-6-40(37,38)7-11)13-5-30-14(3-12(13)17(23)24)31-10(2)22(27,28)29/h3,5,9-11,17H,4,6-8H2,1-2H3,(H,30,31)(H,32,35)/t9-,10-/m0/s1. The Hall–Kier alpha value is -3.02. The van der Waals surface area contributed by atoms with E-state index in [0.29, 0.717) is 17.4 Å². The van der Waals surface area contributed by atoms with Gasteiger partial charge in [0.15, 0.2) is 14.8 Å². The van der Waals surface area contributed by atoms with E-state index in [1.165, 1.54) is 6.92 Å². The lowest BCUT2D eigenvalue weighted by Gasteiger charge is -2.25. The van der Waals surface area contributed by atoms with E-state index in [1.54, 1.807) is 0 Å². The lowest BCUT2D eigenvalue weighted by atomic mass is 10.1. The molecular weight excluding hydrogens is 595 g/mol. The first-order valence-electron chi connectivity index (χ1n) is 11.7. The number of likely N-dealkylation sites (tertiary alicyclic amines) is 1. The number of hydrogen-bond donors (Lipinski definition) is 2. The summed E-state index contributed by atoms with van der Waals surface area (Å²) in [5, 5.41) is 3.93. The molecule has 2 aliphatic heterocycles. The van der Waals surface area contributed by atoms with Gasteiger partial charge in [0.25, 0.3) is 24.2 Å². The van der Waals surface area contributed by atoms with Gasteiger partial charge in [-0.1, -0.05) is 0 Å². The lowest BCUT2D eigenvalue weighted by Crippen LogP contribution is -2.52. The van der Waals surface area contributed by atoms with Gasteiger partial charge in [0.1, 0.15) is 17.6 Å². The van der Waals surface area contributed by atoms with Crippen molar-refractivity contribution in [2.24, 2.45) is 0 Å². The molecule has 4 heterocycles. The molecule has 0 aliphatic carbocycles. The zero-order chi connectivity index (χ0) is 29.8. The van der Waals surface area contributed by atoms with Gasteiger partial charge in [-0.15, -0.1) is 11.3 Å². The molecule has 40 heavy (non-hydrogen) atoms. The quantitative estimate of drug-likeness (QED) is 0.452. The summed E-state index contributed by atoms with van der Waals surface area (Å²) in [6.07, 6.45) is -7.88. The summed E-state index contributed by atoms with van der Waals surface area (Å²) >= 11 is 0.460. The van der Waals surface area contributed by atoms with Gasteiger partial charge in [-0.05, 0) is 19.9 Å². The smallest absolute Gasteiger partial charge is 0.359 e. The molecule has 4 rings (SSSR count). The van der Waals surface area contributed by atoms with Gasteiger partial charge in [-0.3, -0.25) is 9.59 Å². The van der Waals surface area contributed by atoms with Gasteiger partial charge in [0.05, 0.1) is 29.0 Å². The number of amides is 2. The molecule has 18 heteroatoms. The van der Waals surface area contributed by atoms with Crippen LogP contribution in [0.2, 0.25) is 0 Å². The fourth-order valence-electron chi connectivity index (χ4n) is 4.28. The lowest BCUT2D eigenvalue weighted by molar-refractivity contribution is -0.138. The second kappa shape index (κ2) is 10.4. The summed E-state index contributed by atoms with van der Waals surface area (Å²) in [7, 11) is -3.31. The van der Waals surface area contributed by atoms with Crippen LogP contribution in [0.4, 0.5) is 36.6 Å². The SMILES string of the molecule is C[C@H](Nc1cc(C(F)F)c(-c2sc(C(=O)NC3CS(=O)(=O)C3)nc2C(=O)N2CC(F)(F)C[C@@H]2C)cn1)C(F)(F)F. The number of hydrogen-bond acceptors (Lipinski definition) is 8. The number of anilines is 1. The van der Waals surface area contributed by atoms with E-state index in [2.05, 4.69) is 15.3 Å². The van der Waals surface area contributed by atoms with Crippen LogP contribution in [-0.2, 0) is 9.84 Å². The van der Waals surface area contributed by atoms with E-state index in [0.717, 1.165) is 18.0 Å². The highest BCUT2D eigenvalue weighted by Crippen LogP contribution is 2.40. The highest BCUT2D eigenvalue weighted by Gasteiger charge is 2.46. The number of pyridine rings is 1. The third kappa shape index (κ3) is 6.31. The minimum Gasteiger partial charge on any atom is -0.359 e. The van der Waals surface area contributed by atoms with E-state index in [1.807, 2.05) is 5.32 Å². The number of rotatable bonds is 7. The molecule has 2 aromatic rings. The molecule has 0 saturated carbocycles. The molecule has 0 unspecified atom stereocenters. The number of nitrogens with zero attached hydrogens (tertiary/aromatic N) is 3. The number of aromatic nitrogens is 2. The van der Waals surface area contributed by atoms with Crippen LogP contribution in [0.15, 0.2) is 12.3 Å². The molecule has 220 valence electrons. The van der Waals surface area contributed by atoms with Crippen molar-refractivity contribution in [3.63, 3.8) is 0 Å². The van der Waals surface area contributed by atoms with Crippen LogP contribution in [-0.4, -0.2) is 83.4 Å². The number of alkyl halides is 7. The Bertz CT molecular complexity index is 1420. The van der Waals surface area contributed by atoms with E-state index in [-0.39, 0.29) is 16.4 Å². The summed E-state index contributed by atoms with van der Waals surface area (Å²) < 4.78 is 118. The van der Waals surface area contributed by atoms with Crippen LogP contribution in [0.25, 0.3) is 10.4 Å². The number of carbonyl (C=O) groups excluding carboxylic acids is 2. The molecule has 2 fully saturated rings.